The number of carbonyl (C=O) groups excluding carboxylic acids is 1. The number of amides is 1. The minimum Gasteiger partial charge on any atom is -0.346 e. The first-order valence-electron chi connectivity index (χ1n) is 10.7. The summed E-state index contributed by atoms with van der Waals surface area (Å²) < 4.78 is 79.5. The fraction of sp³-hybridized carbons (Fsp3) is 0.458. The zero-order valence-electron chi connectivity index (χ0n) is 18.3. The Morgan fingerprint density at radius 3 is 1.91 bits per heavy atom. The molecule has 9 heteroatoms. The molecule has 1 aliphatic carbocycles. The average Bonchev–Trinajstić information content (AvgIpc) is 2.78. The highest BCUT2D eigenvalue weighted by Crippen LogP contribution is 2.40. The second kappa shape index (κ2) is 9.37. The fourth-order valence-corrected chi connectivity index (χ4v) is 4.37. The lowest BCUT2D eigenvalue weighted by Crippen LogP contribution is -2.51. The third-order valence-corrected chi connectivity index (χ3v) is 6.44. The standard InChI is InChI=1S/C24H26F6N2O/c1-15(16-12-18(23(25,26)27)14-19(13-16)24(28,29)30)21(33)32-22(17-6-4-3-5-7-17)10-8-20(31-2)9-11-22/h3-7,12-15,20,31H,8-11H2,1-2H3,(H,32,33)/t15-,20?,22?/m0/s1. The summed E-state index contributed by atoms with van der Waals surface area (Å²) >= 11 is 0. The van der Waals surface area contributed by atoms with Gasteiger partial charge in [0.15, 0.2) is 0 Å². The van der Waals surface area contributed by atoms with Gasteiger partial charge in [-0.25, -0.2) is 0 Å². The van der Waals surface area contributed by atoms with Gasteiger partial charge in [0.05, 0.1) is 22.6 Å². The van der Waals surface area contributed by atoms with E-state index in [2.05, 4.69) is 10.6 Å². The molecule has 2 aromatic rings. The van der Waals surface area contributed by atoms with E-state index in [1.54, 1.807) is 0 Å². The molecule has 0 aromatic heterocycles. The van der Waals surface area contributed by atoms with Crippen LogP contribution in [-0.4, -0.2) is 19.0 Å². The molecule has 1 saturated carbocycles. The van der Waals surface area contributed by atoms with Gasteiger partial charge in [-0.1, -0.05) is 30.3 Å². The minimum atomic E-state index is -4.97. The van der Waals surface area contributed by atoms with Crippen LogP contribution in [0.4, 0.5) is 26.3 Å². The van der Waals surface area contributed by atoms with Gasteiger partial charge in [0.2, 0.25) is 5.91 Å². The Hall–Kier alpha value is -2.55. The number of nitrogens with one attached hydrogen (secondary N) is 2. The highest BCUT2D eigenvalue weighted by atomic mass is 19.4. The van der Waals surface area contributed by atoms with Crippen molar-refractivity contribution < 1.29 is 31.1 Å². The molecular weight excluding hydrogens is 446 g/mol. The Morgan fingerprint density at radius 1 is 0.939 bits per heavy atom. The molecule has 2 aromatic carbocycles. The largest absolute Gasteiger partial charge is 0.416 e. The molecule has 1 amide bonds. The van der Waals surface area contributed by atoms with E-state index in [4.69, 9.17) is 0 Å². The van der Waals surface area contributed by atoms with Crippen molar-refractivity contribution in [2.45, 2.75) is 62.5 Å². The maximum absolute atomic E-state index is 13.3. The zero-order valence-corrected chi connectivity index (χ0v) is 18.3. The van der Waals surface area contributed by atoms with Crippen LogP contribution in [0.5, 0.6) is 0 Å². The smallest absolute Gasteiger partial charge is 0.346 e. The predicted octanol–water partition coefficient (Wildman–Crippen LogP) is 6.00. The first-order chi connectivity index (χ1) is 15.4. The third kappa shape index (κ3) is 5.69. The van der Waals surface area contributed by atoms with Crippen LogP contribution in [0.2, 0.25) is 0 Å². The van der Waals surface area contributed by atoms with Crippen LogP contribution >= 0.6 is 0 Å². The molecule has 0 radical (unpaired) electrons. The van der Waals surface area contributed by atoms with E-state index in [-0.39, 0.29) is 17.7 Å². The van der Waals surface area contributed by atoms with E-state index >= 15 is 0 Å². The zero-order chi connectivity index (χ0) is 24.4. The maximum Gasteiger partial charge on any atom is 0.416 e. The fourth-order valence-electron chi connectivity index (χ4n) is 4.37. The van der Waals surface area contributed by atoms with Gasteiger partial charge in [-0.3, -0.25) is 4.79 Å². The summed E-state index contributed by atoms with van der Waals surface area (Å²) in [6.07, 6.45) is -7.22. The Morgan fingerprint density at radius 2 is 1.45 bits per heavy atom. The molecule has 180 valence electrons. The monoisotopic (exact) mass is 472 g/mol. The highest BCUT2D eigenvalue weighted by Gasteiger charge is 2.40. The van der Waals surface area contributed by atoms with Crippen molar-refractivity contribution in [3.05, 3.63) is 70.8 Å². The number of alkyl halides is 6. The SMILES string of the molecule is CNC1CCC(NC(=O)[C@@H](C)c2cc(C(F)(F)F)cc(C(F)(F)F)c2)(c2ccccc2)CC1. The first-order valence-corrected chi connectivity index (χ1v) is 10.7. The van der Waals surface area contributed by atoms with Gasteiger partial charge >= 0.3 is 12.4 Å². The molecule has 0 heterocycles. The summed E-state index contributed by atoms with van der Waals surface area (Å²) in [5.74, 6) is -1.83. The third-order valence-electron chi connectivity index (χ3n) is 6.44. The normalized spacial score (nSPS) is 22.6. The first kappa shape index (κ1) is 25.1. The predicted molar refractivity (Wildman–Crippen MR) is 112 cm³/mol. The average molecular weight is 472 g/mol. The van der Waals surface area contributed by atoms with Crippen molar-refractivity contribution in [2.75, 3.05) is 7.05 Å². The van der Waals surface area contributed by atoms with Crippen LogP contribution < -0.4 is 10.6 Å². The van der Waals surface area contributed by atoms with E-state index in [0.717, 1.165) is 18.4 Å². The molecule has 3 rings (SSSR count). The van der Waals surface area contributed by atoms with Crippen molar-refractivity contribution >= 4 is 5.91 Å². The van der Waals surface area contributed by atoms with Crippen LogP contribution in [0.25, 0.3) is 0 Å². The van der Waals surface area contributed by atoms with Crippen LogP contribution in [0, 0.1) is 0 Å². The summed E-state index contributed by atoms with van der Waals surface area (Å²) in [5.41, 5.74) is -3.07. The highest BCUT2D eigenvalue weighted by molar-refractivity contribution is 5.84. The molecular formula is C24H26F6N2O. The van der Waals surface area contributed by atoms with Gasteiger partial charge < -0.3 is 10.6 Å². The second-order valence-electron chi connectivity index (χ2n) is 8.56. The van der Waals surface area contributed by atoms with E-state index in [0.29, 0.717) is 25.0 Å². The lowest BCUT2D eigenvalue weighted by atomic mass is 9.74. The Kier molecular flexibility index (Phi) is 7.12. The number of benzene rings is 2. The summed E-state index contributed by atoms with van der Waals surface area (Å²) in [6.45, 7) is 1.32. The summed E-state index contributed by atoms with van der Waals surface area (Å²) in [7, 11) is 1.85. The molecule has 0 aliphatic heterocycles. The van der Waals surface area contributed by atoms with Crippen molar-refractivity contribution in [3.8, 4) is 0 Å². The summed E-state index contributed by atoms with van der Waals surface area (Å²) in [4.78, 5) is 13.2. The lowest BCUT2D eigenvalue weighted by molar-refractivity contribution is -0.143. The van der Waals surface area contributed by atoms with Crippen molar-refractivity contribution in [3.63, 3.8) is 0 Å². The van der Waals surface area contributed by atoms with Crippen LogP contribution in [-0.2, 0) is 22.7 Å². The van der Waals surface area contributed by atoms with E-state index in [1.165, 1.54) is 6.92 Å². The molecule has 1 aliphatic rings. The molecule has 0 spiro atoms. The number of carbonyl (C=O) groups is 1. The Balaban J connectivity index is 1.94. The van der Waals surface area contributed by atoms with Crippen LogP contribution in [0.1, 0.15) is 60.8 Å². The Bertz CT molecular complexity index is 931. The van der Waals surface area contributed by atoms with Crippen molar-refractivity contribution in [2.24, 2.45) is 0 Å². The van der Waals surface area contributed by atoms with Crippen molar-refractivity contribution in [1.82, 2.24) is 10.6 Å². The lowest BCUT2D eigenvalue weighted by Gasteiger charge is -2.42. The molecule has 2 N–H and O–H groups in total. The topological polar surface area (TPSA) is 41.1 Å². The van der Waals surface area contributed by atoms with Crippen molar-refractivity contribution in [1.29, 1.82) is 0 Å². The van der Waals surface area contributed by atoms with Crippen LogP contribution in [0.3, 0.4) is 0 Å². The molecule has 0 saturated heterocycles. The molecule has 0 unspecified atom stereocenters. The second-order valence-corrected chi connectivity index (χ2v) is 8.56. The van der Waals surface area contributed by atoms with Gasteiger partial charge in [-0.05, 0) is 69.0 Å². The number of halogens is 6. The summed E-state index contributed by atoms with van der Waals surface area (Å²) in [5, 5.41) is 6.19. The number of rotatable bonds is 5. The molecule has 0 bridgehead atoms. The molecule has 3 nitrogen and oxygen atoms in total. The number of hydrogen-bond acceptors (Lipinski definition) is 2. The molecule has 1 atom stereocenters. The van der Waals surface area contributed by atoms with Gasteiger partial charge in [0.25, 0.3) is 0 Å². The minimum absolute atomic E-state index is 0.0681. The van der Waals surface area contributed by atoms with E-state index < -0.39 is 40.8 Å². The van der Waals surface area contributed by atoms with Crippen LogP contribution in [0.15, 0.2) is 48.5 Å². The quantitative estimate of drug-likeness (QED) is 0.524. The van der Waals surface area contributed by atoms with E-state index in [1.807, 2.05) is 37.4 Å². The van der Waals surface area contributed by atoms with Gasteiger partial charge in [0, 0.05) is 6.04 Å². The summed E-state index contributed by atoms with van der Waals surface area (Å²) in [6, 6.07) is 10.8. The Labute approximate surface area is 188 Å². The molecule has 1 fully saturated rings. The van der Waals surface area contributed by atoms with Gasteiger partial charge in [0.1, 0.15) is 0 Å². The number of hydrogen-bond donors (Lipinski definition) is 2. The molecule has 33 heavy (non-hydrogen) atoms. The van der Waals surface area contributed by atoms with Gasteiger partial charge in [-0.15, -0.1) is 0 Å². The maximum atomic E-state index is 13.3. The van der Waals surface area contributed by atoms with E-state index in [9.17, 15) is 31.1 Å². The van der Waals surface area contributed by atoms with Gasteiger partial charge in [-0.2, -0.15) is 26.3 Å².